The normalized spacial score (nSPS) is 12.4. The molecule has 0 unspecified atom stereocenters. The van der Waals surface area contributed by atoms with Crippen molar-refractivity contribution < 1.29 is 5.11 Å². The minimum atomic E-state index is 0.220. The molecule has 3 aromatic heterocycles. The highest BCUT2D eigenvalue weighted by molar-refractivity contribution is 5.91. The first-order chi connectivity index (χ1) is 15.2. The molecule has 8 bridgehead atoms. The van der Waals surface area contributed by atoms with Crippen LogP contribution in [0.25, 0.3) is 57.5 Å². The summed E-state index contributed by atoms with van der Waals surface area (Å²) >= 11 is 0. The Morgan fingerprint density at radius 3 is 2.00 bits per heavy atom. The van der Waals surface area contributed by atoms with E-state index in [0.29, 0.717) is 0 Å². The third kappa shape index (κ3) is 3.32. The number of phenolic OH excluding ortho intramolecular Hbond substituents is 1. The lowest BCUT2D eigenvalue weighted by molar-refractivity contribution is 0.475. The smallest absolute Gasteiger partial charge is 0.116 e. The molecule has 5 heterocycles. The van der Waals surface area contributed by atoms with Crippen molar-refractivity contribution in [1.82, 2.24) is 19.9 Å². The van der Waals surface area contributed by atoms with E-state index in [2.05, 4.69) is 9.97 Å². The van der Waals surface area contributed by atoms with Crippen molar-refractivity contribution in [2.75, 3.05) is 0 Å². The molecular formula is C26H18N4O. The number of phenols is 1. The fourth-order valence-electron chi connectivity index (χ4n) is 3.97. The van der Waals surface area contributed by atoms with Crippen LogP contribution in [0.5, 0.6) is 5.75 Å². The minimum absolute atomic E-state index is 0.220. The van der Waals surface area contributed by atoms with Crippen LogP contribution in [0.1, 0.15) is 22.8 Å². The summed E-state index contributed by atoms with van der Waals surface area (Å²) < 4.78 is 0. The van der Waals surface area contributed by atoms with Crippen LogP contribution >= 0.6 is 0 Å². The standard InChI is InChI=1S/C26H18N4O/c31-23-3-1-2-16(12-23)26-24-10-8-21(29-24)14-19-6-4-17(27-19)13-18-5-7-20(28-18)15-22-9-11-25(26)30-22/h1-15,27,30-31H. The molecule has 5 nitrogen and oxygen atoms in total. The number of nitrogens with one attached hydrogen (secondary N) is 2. The molecule has 0 saturated carbocycles. The first-order valence-corrected chi connectivity index (χ1v) is 10.1. The van der Waals surface area contributed by atoms with E-state index in [-0.39, 0.29) is 5.75 Å². The van der Waals surface area contributed by atoms with Gasteiger partial charge in [-0.3, -0.25) is 0 Å². The van der Waals surface area contributed by atoms with Crippen LogP contribution < -0.4 is 0 Å². The lowest BCUT2D eigenvalue weighted by atomic mass is 10.0. The number of hydrogen-bond acceptors (Lipinski definition) is 3. The van der Waals surface area contributed by atoms with E-state index >= 15 is 0 Å². The predicted octanol–water partition coefficient (Wildman–Crippen LogP) is 6.03. The van der Waals surface area contributed by atoms with Crippen LogP contribution in [0, 0.1) is 0 Å². The molecule has 0 aliphatic carbocycles. The number of hydrogen-bond donors (Lipinski definition) is 3. The van der Waals surface area contributed by atoms with Gasteiger partial charge in [-0.2, -0.15) is 0 Å². The van der Waals surface area contributed by atoms with Gasteiger partial charge in [-0.05, 0) is 84.5 Å². The topological polar surface area (TPSA) is 77.6 Å². The summed E-state index contributed by atoms with van der Waals surface area (Å²) in [5.41, 5.74) is 9.15. The Balaban J connectivity index is 1.73. The third-order valence-corrected chi connectivity index (χ3v) is 5.35. The van der Waals surface area contributed by atoms with Crippen molar-refractivity contribution in [3.05, 3.63) is 89.5 Å². The first kappa shape index (κ1) is 17.5. The number of fused-ring (bicyclic) bond motifs is 8. The molecule has 6 rings (SSSR count). The largest absolute Gasteiger partial charge is 0.508 e. The summed E-state index contributed by atoms with van der Waals surface area (Å²) in [4.78, 5) is 16.4. The fourth-order valence-corrected chi connectivity index (χ4v) is 3.97. The van der Waals surface area contributed by atoms with Crippen LogP contribution in [0.4, 0.5) is 0 Å². The molecule has 148 valence electrons. The van der Waals surface area contributed by atoms with Crippen LogP contribution in [0.2, 0.25) is 0 Å². The van der Waals surface area contributed by atoms with E-state index in [9.17, 15) is 5.11 Å². The fraction of sp³-hybridized carbons (Fsp3) is 0. The highest BCUT2D eigenvalue weighted by Crippen LogP contribution is 2.31. The maximum atomic E-state index is 10.1. The number of aromatic amines is 2. The molecule has 31 heavy (non-hydrogen) atoms. The molecule has 2 aliphatic rings. The highest BCUT2D eigenvalue weighted by Gasteiger charge is 2.11. The number of benzene rings is 1. The lowest BCUT2D eigenvalue weighted by Crippen LogP contribution is -1.85. The second kappa shape index (κ2) is 6.85. The van der Waals surface area contributed by atoms with Gasteiger partial charge >= 0.3 is 0 Å². The molecule has 0 atom stereocenters. The summed E-state index contributed by atoms with van der Waals surface area (Å²) in [7, 11) is 0. The monoisotopic (exact) mass is 402 g/mol. The molecule has 3 N–H and O–H groups in total. The van der Waals surface area contributed by atoms with E-state index in [1.165, 1.54) is 0 Å². The van der Waals surface area contributed by atoms with Crippen LogP contribution in [0.15, 0.2) is 66.7 Å². The van der Waals surface area contributed by atoms with E-state index < -0.39 is 0 Å². The third-order valence-electron chi connectivity index (χ3n) is 5.35. The van der Waals surface area contributed by atoms with E-state index in [4.69, 9.17) is 9.97 Å². The molecule has 1 aromatic carbocycles. The van der Waals surface area contributed by atoms with Gasteiger partial charge in [-0.15, -0.1) is 0 Å². The van der Waals surface area contributed by atoms with Crippen LogP contribution in [-0.2, 0) is 0 Å². The van der Waals surface area contributed by atoms with Gasteiger partial charge in [-0.1, -0.05) is 12.1 Å². The molecule has 5 heteroatoms. The summed E-state index contributed by atoms with van der Waals surface area (Å²) in [6, 6.07) is 21.4. The number of aromatic hydroxyl groups is 1. The summed E-state index contributed by atoms with van der Waals surface area (Å²) in [6.07, 6.45) is 8.02. The number of H-pyrrole nitrogens is 2. The second-order valence-corrected chi connectivity index (χ2v) is 7.60. The van der Waals surface area contributed by atoms with E-state index in [1.54, 1.807) is 12.1 Å². The molecule has 2 aliphatic heterocycles. The SMILES string of the molecule is Oc1cccc(-c2c3nc(cc4ccc(cc5nc(cc6ccc2[nH]6)C=C5)[nH]4)C=C3)c1. The van der Waals surface area contributed by atoms with Gasteiger partial charge < -0.3 is 15.1 Å². The predicted molar refractivity (Wildman–Crippen MR) is 126 cm³/mol. The van der Waals surface area contributed by atoms with Gasteiger partial charge in [0.2, 0.25) is 0 Å². The maximum absolute atomic E-state index is 10.1. The van der Waals surface area contributed by atoms with Crippen molar-refractivity contribution in [3.63, 3.8) is 0 Å². The molecule has 0 amide bonds. The average molecular weight is 402 g/mol. The lowest BCUT2D eigenvalue weighted by Gasteiger charge is -2.04. The van der Waals surface area contributed by atoms with Crippen molar-refractivity contribution in [2.24, 2.45) is 0 Å². The van der Waals surface area contributed by atoms with Gasteiger partial charge in [0, 0.05) is 27.6 Å². The zero-order chi connectivity index (χ0) is 20.8. The Morgan fingerprint density at radius 1 is 0.613 bits per heavy atom. The highest BCUT2D eigenvalue weighted by atomic mass is 16.3. The molecular weight excluding hydrogens is 384 g/mol. The van der Waals surface area contributed by atoms with Gasteiger partial charge in [0.05, 0.1) is 22.8 Å². The Bertz CT molecular complexity index is 1550. The first-order valence-electron chi connectivity index (χ1n) is 10.1. The van der Waals surface area contributed by atoms with Crippen LogP contribution in [0.3, 0.4) is 0 Å². The number of rotatable bonds is 1. The van der Waals surface area contributed by atoms with Crippen molar-refractivity contribution in [2.45, 2.75) is 0 Å². The molecule has 0 radical (unpaired) electrons. The van der Waals surface area contributed by atoms with E-state index in [0.717, 1.165) is 56.0 Å². The number of aromatic nitrogens is 4. The Labute approximate surface area is 178 Å². The number of nitrogens with zero attached hydrogens (tertiary/aromatic N) is 2. The Kier molecular flexibility index (Phi) is 3.86. The molecule has 0 fully saturated rings. The zero-order valence-corrected chi connectivity index (χ0v) is 16.5. The Morgan fingerprint density at radius 2 is 1.26 bits per heavy atom. The molecule has 0 saturated heterocycles. The molecule has 4 aromatic rings. The van der Waals surface area contributed by atoms with E-state index in [1.807, 2.05) is 78.9 Å². The maximum Gasteiger partial charge on any atom is 0.116 e. The zero-order valence-electron chi connectivity index (χ0n) is 16.5. The van der Waals surface area contributed by atoms with Crippen molar-refractivity contribution in [3.8, 4) is 16.9 Å². The Hall–Kier alpha value is -4.38. The molecule has 0 spiro atoms. The summed E-state index contributed by atoms with van der Waals surface area (Å²) in [5.74, 6) is 0.220. The minimum Gasteiger partial charge on any atom is -0.508 e. The quantitative estimate of drug-likeness (QED) is 0.314. The summed E-state index contributed by atoms with van der Waals surface area (Å²) in [6.45, 7) is 0. The van der Waals surface area contributed by atoms with Crippen molar-refractivity contribution in [1.29, 1.82) is 0 Å². The van der Waals surface area contributed by atoms with Gasteiger partial charge in [0.1, 0.15) is 5.75 Å². The van der Waals surface area contributed by atoms with Crippen molar-refractivity contribution >= 4 is 46.4 Å². The second-order valence-electron chi connectivity index (χ2n) is 7.60. The van der Waals surface area contributed by atoms with Gasteiger partial charge in [0.25, 0.3) is 0 Å². The van der Waals surface area contributed by atoms with Gasteiger partial charge in [-0.25, -0.2) is 9.97 Å². The summed E-state index contributed by atoms with van der Waals surface area (Å²) in [5, 5.41) is 10.1. The van der Waals surface area contributed by atoms with Gasteiger partial charge in [0.15, 0.2) is 0 Å². The van der Waals surface area contributed by atoms with Crippen LogP contribution in [-0.4, -0.2) is 25.0 Å². The average Bonchev–Trinajstić information content (AvgIpc) is 3.53.